The molecule has 7 heteroatoms. The van der Waals surface area contributed by atoms with E-state index in [2.05, 4.69) is 0 Å². The van der Waals surface area contributed by atoms with E-state index in [9.17, 15) is 14.7 Å². The first-order valence-corrected chi connectivity index (χ1v) is 11.3. The van der Waals surface area contributed by atoms with Crippen molar-refractivity contribution in [2.75, 3.05) is 21.3 Å². The molecule has 3 aromatic rings. The average molecular weight is 491 g/mol. The molecule has 0 aromatic heterocycles. The predicted molar refractivity (Wildman–Crippen MR) is 135 cm³/mol. The Morgan fingerprint density at radius 1 is 0.861 bits per heavy atom. The van der Waals surface area contributed by atoms with Gasteiger partial charge in [0.25, 0.3) is 0 Å². The summed E-state index contributed by atoms with van der Waals surface area (Å²) in [6.45, 7) is 1.81. The summed E-state index contributed by atoms with van der Waals surface area (Å²) in [5.41, 5.74) is -2.36. The molecule has 3 aromatic carbocycles. The molecule has 2 atom stereocenters. The first-order chi connectivity index (χ1) is 17.3. The van der Waals surface area contributed by atoms with Crippen LogP contribution in [0.15, 0.2) is 84.9 Å². The molecule has 3 rings (SSSR count). The van der Waals surface area contributed by atoms with E-state index in [1.165, 1.54) is 31.4 Å². The van der Waals surface area contributed by atoms with Gasteiger partial charge in [-0.3, -0.25) is 0 Å². The third-order valence-corrected chi connectivity index (χ3v) is 5.86. The fourth-order valence-electron chi connectivity index (χ4n) is 3.96. The van der Waals surface area contributed by atoms with Crippen molar-refractivity contribution in [2.24, 2.45) is 0 Å². The van der Waals surface area contributed by atoms with Crippen molar-refractivity contribution in [3.8, 4) is 5.75 Å². The molecule has 0 aliphatic carbocycles. The van der Waals surface area contributed by atoms with Crippen molar-refractivity contribution in [3.05, 3.63) is 107 Å². The summed E-state index contributed by atoms with van der Waals surface area (Å²) in [6, 6.07) is 22.8. The van der Waals surface area contributed by atoms with Crippen molar-refractivity contribution in [1.29, 1.82) is 0 Å². The molecule has 0 amide bonds. The Hall–Kier alpha value is -3.94. The summed E-state index contributed by atoms with van der Waals surface area (Å²) in [6.07, 6.45) is 2.75. The summed E-state index contributed by atoms with van der Waals surface area (Å²) in [5, 5.41) is 12.1. The fourth-order valence-corrected chi connectivity index (χ4v) is 3.96. The summed E-state index contributed by atoms with van der Waals surface area (Å²) in [4.78, 5) is 26.8. The van der Waals surface area contributed by atoms with E-state index in [0.29, 0.717) is 16.9 Å². The van der Waals surface area contributed by atoms with E-state index >= 15 is 0 Å². The maximum absolute atomic E-state index is 13.6. The minimum absolute atomic E-state index is 0.112. The molecule has 36 heavy (non-hydrogen) atoms. The molecular weight excluding hydrogens is 460 g/mol. The van der Waals surface area contributed by atoms with Crippen molar-refractivity contribution in [1.82, 2.24) is 0 Å². The zero-order valence-corrected chi connectivity index (χ0v) is 20.8. The standard InChI is InChI=1S/C29H30O7/c1-21-9-8-12-22(19-21)17-18-28(32,26(30)34-3)29(27(31)35-4,24-13-15-25(33-2)16-14-24)36-20-23-10-6-5-7-11-23/h5-19,32H,20H2,1-4H3/b18-17+/t28-,29+/m0/s1. The number of esters is 2. The lowest BCUT2D eigenvalue weighted by Crippen LogP contribution is -2.62. The normalized spacial score (nSPS) is 14.5. The number of benzene rings is 3. The molecule has 7 nitrogen and oxygen atoms in total. The van der Waals surface area contributed by atoms with E-state index in [1.807, 2.05) is 43.3 Å². The van der Waals surface area contributed by atoms with Gasteiger partial charge in [0.15, 0.2) is 0 Å². The summed E-state index contributed by atoms with van der Waals surface area (Å²) in [5.74, 6) is -1.57. The van der Waals surface area contributed by atoms with Gasteiger partial charge in [0.1, 0.15) is 5.75 Å². The van der Waals surface area contributed by atoms with Gasteiger partial charge >= 0.3 is 11.9 Å². The van der Waals surface area contributed by atoms with Gasteiger partial charge in [0.2, 0.25) is 11.2 Å². The topological polar surface area (TPSA) is 91.3 Å². The van der Waals surface area contributed by atoms with Crippen LogP contribution in [0.25, 0.3) is 6.08 Å². The van der Waals surface area contributed by atoms with Crippen LogP contribution in [-0.2, 0) is 36.0 Å². The van der Waals surface area contributed by atoms with Gasteiger partial charge < -0.3 is 24.1 Å². The number of aryl methyl sites for hydroxylation is 1. The Kier molecular flexibility index (Phi) is 8.64. The van der Waals surface area contributed by atoms with Gasteiger partial charge in [-0.25, -0.2) is 9.59 Å². The van der Waals surface area contributed by atoms with Gasteiger partial charge in [0.05, 0.1) is 27.9 Å². The number of ether oxygens (including phenoxy) is 4. The van der Waals surface area contributed by atoms with E-state index in [4.69, 9.17) is 18.9 Å². The van der Waals surface area contributed by atoms with Crippen LogP contribution in [0.5, 0.6) is 5.75 Å². The molecule has 0 saturated carbocycles. The number of methoxy groups -OCH3 is 3. The van der Waals surface area contributed by atoms with Crippen LogP contribution >= 0.6 is 0 Å². The van der Waals surface area contributed by atoms with E-state index < -0.39 is 23.1 Å². The number of aliphatic hydroxyl groups is 1. The van der Waals surface area contributed by atoms with Crippen LogP contribution < -0.4 is 4.74 Å². The maximum atomic E-state index is 13.6. The third-order valence-electron chi connectivity index (χ3n) is 5.86. The Morgan fingerprint density at radius 3 is 2.11 bits per heavy atom. The number of rotatable bonds is 10. The molecule has 188 valence electrons. The molecule has 0 fully saturated rings. The molecule has 0 heterocycles. The lowest BCUT2D eigenvalue weighted by Gasteiger charge is -2.41. The lowest BCUT2D eigenvalue weighted by atomic mass is 9.76. The van der Waals surface area contributed by atoms with Gasteiger partial charge in [-0.1, -0.05) is 78.4 Å². The second-order valence-electron chi connectivity index (χ2n) is 8.18. The van der Waals surface area contributed by atoms with Crippen LogP contribution in [0.2, 0.25) is 0 Å². The summed E-state index contributed by atoms with van der Waals surface area (Å²) < 4.78 is 21.6. The molecule has 0 radical (unpaired) electrons. The maximum Gasteiger partial charge on any atom is 0.346 e. The number of hydrogen-bond acceptors (Lipinski definition) is 7. The van der Waals surface area contributed by atoms with E-state index in [1.54, 1.807) is 30.3 Å². The summed E-state index contributed by atoms with van der Waals surface area (Å²) in [7, 11) is 3.79. The number of hydrogen-bond donors (Lipinski definition) is 1. The monoisotopic (exact) mass is 490 g/mol. The fraction of sp³-hybridized carbons (Fsp3) is 0.241. The van der Waals surface area contributed by atoms with Gasteiger partial charge in [0, 0.05) is 0 Å². The predicted octanol–water partition coefficient (Wildman–Crippen LogP) is 4.21. The van der Waals surface area contributed by atoms with Crippen LogP contribution in [0, 0.1) is 6.92 Å². The highest BCUT2D eigenvalue weighted by Gasteiger charge is 2.63. The van der Waals surface area contributed by atoms with Gasteiger partial charge in [-0.05, 0) is 41.8 Å². The molecule has 1 N–H and O–H groups in total. The van der Waals surface area contributed by atoms with Crippen LogP contribution in [0.4, 0.5) is 0 Å². The van der Waals surface area contributed by atoms with E-state index in [0.717, 1.165) is 19.8 Å². The van der Waals surface area contributed by atoms with Crippen LogP contribution in [0.1, 0.15) is 22.3 Å². The van der Waals surface area contributed by atoms with E-state index in [-0.39, 0.29) is 12.2 Å². The first-order valence-electron chi connectivity index (χ1n) is 11.3. The van der Waals surface area contributed by atoms with Crippen molar-refractivity contribution < 1.29 is 33.6 Å². The van der Waals surface area contributed by atoms with Crippen LogP contribution in [0.3, 0.4) is 0 Å². The highest BCUT2D eigenvalue weighted by Crippen LogP contribution is 2.42. The molecule has 0 aliphatic heterocycles. The zero-order chi connectivity index (χ0) is 26.2. The minimum atomic E-state index is -2.61. The summed E-state index contributed by atoms with van der Waals surface area (Å²) >= 11 is 0. The zero-order valence-electron chi connectivity index (χ0n) is 20.8. The quantitative estimate of drug-likeness (QED) is 0.426. The van der Waals surface area contributed by atoms with Crippen LogP contribution in [-0.4, -0.2) is 44.0 Å². The largest absolute Gasteiger partial charge is 0.497 e. The van der Waals surface area contributed by atoms with Crippen molar-refractivity contribution in [3.63, 3.8) is 0 Å². The van der Waals surface area contributed by atoms with Crippen molar-refractivity contribution >= 4 is 18.0 Å². The molecule has 0 spiro atoms. The molecule has 0 unspecified atom stereocenters. The average Bonchev–Trinajstić information content (AvgIpc) is 2.92. The Balaban J connectivity index is 2.26. The third kappa shape index (κ3) is 5.32. The second-order valence-corrected chi connectivity index (χ2v) is 8.18. The highest BCUT2D eigenvalue weighted by atomic mass is 16.6. The van der Waals surface area contributed by atoms with Crippen molar-refractivity contribution in [2.45, 2.75) is 24.7 Å². The number of carbonyl (C=O) groups is 2. The SMILES string of the molecule is COC(=O)[C@@](O)(/C=C/c1cccc(C)c1)[C@](OCc1ccccc1)(C(=O)OC)c1ccc(OC)cc1. The Bertz CT molecular complexity index is 1200. The molecule has 0 saturated heterocycles. The first kappa shape index (κ1) is 26.7. The molecular formula is C29H30O7. The Labute approximate surface area is 210 Å². The number of carbonyl (C=O) groups excluding carboxylic acids is 2. The smallest absolute Gasteiger partial charge is 0.346 e. The lowest BCUT2D eigenvalue weighted by molar-refractivity contribution is -0.218. The van der Waals surface area contributed by atoms with Gasteiger partial charge in [-0.2, -0.15) is 0 Å². The second kappa shape index (κ2) is 11.7. The minimum Gasteiger partial charge on any atom is -0.497 e. The molecule has 0 bridgehead atoms. The van der Waals surface area contributed by atoms with Gasteiger partial charge in [-0.15, -0.1) is 0 Å². The highest BCUT2D eigenvalue weighted by molar-refractivity contribution is 5.96. The molecule has 0 aliphatic rings. The Morgan fingerprint density at radius 2 is 1.53 bits per heavy atom.